The van der Waals surface area contributed by atoms with E-state index in [1.807, 2.05) is 0 Å². The van der Waals surface area contributed by atoms with E-state index in [-0.39, 0.29) is 10.8 Å². The fourth-order valence-electron chi connectivity index (χ4n) is 3.39. The topological polar surface area (TPSA) is 29.9 Å². The fraction of sp³-hybridized carbons (Fsp3) is 0.250. The van der Waals surface area contributed by atoms with Gasteiger partial charge in [0.05, 0.1) is 22.0 Å². The summed E-state index contributed by atoms with van der Waals surface area (Å²) in [6.07, 6.45) is -2.04. The summed E-state index contributed by atoms with van der Waals surface area (Å²) < 4.78 is 54.8. The minimum atomic E-state index is -4.55. The van der Waals surface area contributed by atoms with Crippen LogP contribution in [0.3, 0.4) is 0 Å². The Hall–Kier alpha value is -2.54. The van der Waals surface area contributed by atoms with Crippen molar-refractivity contribution in [2.75, 3.05) is 11.9 Å². The van der Waals surface area contributed by atoms with Gasteiger partial charge in [-0.25, -0.2) is 9.07 Å². The monoisotopic (exact) mass is 409 g/mol. The lowest BCUT2D eigenvalue weighted by molar-refractivity contribution is -0.137. The third kappa shape index (κ3) is 3.46. The predicted octanol–water partition coefficient (Wildman–Crippen LogP) is 6.10. The predicted molar refractivity (Wildman–Crippen MR) is 100 cm³/mol. The van der Waals surface area contributed by atoms with Gasteiger partial charge in [0.1, 0.15) is 11.6 Å². The number of fused-ring (bicyclic) bond motifs is 1. The van der Waals surface area contributed by atoms with Gasteiger partial charge in [0.25, 0.3) is 0 Å². The maximum absolute atomic E-state index is 13.3. The van der Waals surface area contributed by atoms with Crippen LogP contribution in [0.4, 0.5) is 23.4 Å². The molecule has 3 aromatic rings. The molecule has 2 aromatic carbocycles. The molecule has 0 amide bonds. The number of benzene rings is 2. The number of nitrogens with zero attached hydrogens (tertiary/aromatic N) is 2. The summed E-state index contributed by atoms with van der Waals surface area (Å²) in [7, 11) is 0. The highest BCUT2D eigenvalue weighted by molar-refractivity contribution is 6.31. The molecule has 0 atom stereocenters. The molecule has 0 saturated heterocycles. The van der Waals surface area contributed by atoms with Crippen LogP contribution in [-0.2, 0) is 12.6 Å². The van der Waals surface area contributed by atoms with Crippen LogP contribution in [0, 0.1) is 5.82 Å². The Morgan fingerprint density at radius 3 is 2.50 bits per heavy atom. The summed E-state index contributed by atoms with van der Waals surface area (Å²) in [4.78, 5) is 0. The molecule has 3 nitrogen and oxygen atoms in total. The van der Waals surface area contributed by atoms with E-state index in [2.05, 4.69) is 10.4 Å². The number of halogens is 5. The van der Waals surface area contributed by atoms with Crippen molar-refractivity contribution in [2.45, 2.75) is 25.4 Å². The molecule has 0 bridgehead atoms. The van der Waals surface area contributed by atoms with Crippen molar-refractivity contribution in [3.8, 4) is 16.9 Å². The van der Waals surface area contributed by atoms with Gasteiger partial charge < -0.3 is 5.32 Å². The summed E-state index contributed by atoms with van der Waals surface area (Å²) >= 11 is 5.76. The maximum Gasteiger partial charge on any atom is 0.417 e. The fourth-order valence-corrected chi connectivity index (χ4v) is 3.62. The molecule has 0 unspecified atom stereocenters. The van der Waals surface area contributed by atoms with Gasteiger partial charge in [-0.15, -0.1) is 0 Å². The van der Waals surface area contributed by atoms with Crippen LogP contribution in [0.25, 0.3) is 16.9 Å². The van der Waals surface area contributed by atoms with Crippen LogP contribution in [-0.4, -0.2) is 16.3 Å². The molecular weight excluding hydrogens is 394 g/mol. The van der Waals surface area contributed by atoms with Gasteiger partial charge in [0.2, 0.25) is 0 Å². The first-order valence-corrected chi connectivity index (χ1v) is 9.21. The Kier molecular flexibility index (Phi) is 4.79. The Balaban J connectivity index is 1.90. The van der Waals surface area contributed by atoms with Crippen molar-refractivity contribution in [3.05, 3.63) is 64.4 Å². The van der Waals surface area contributed by atoms with Crippen LogP contribution in [0.15, 0.2) is 42.5 Å². The van der Waals surface area contributed by atoms with Gasteiger partial charge in [0.15, 0.2) is 0 Å². The molecule has 1 N–H and O–H groups in total. The zero-order chi connectivity index (χ0) is 19.9. The van der Waals surface area contributed by atoms with E-state index < -0.39 is 11.7 Å². The van der Waals surface area contributed by atoms with E-state index in [4.69, 9.17) is 11.6 Å². The van der Waals surface area contributed by atoms with Gasteiger partial charge in [-0.05, 0) is 55.7 Å². The van der Waals surface area contributed by atoms with E-state index in [1.165, 1.54) is 18.2 Å². The lowest BCUT2D eigenvalue weighted by Gasteiger charge is -2.10. The molecule has 0 saturated carbocycles. The van der Waals surface area contributed by atoms with E-state index in [0.717, 1.165) is 36.8 Å². The van der Waals surface area contributed by atoms with Crippen molar-refractivity contribution in [3.63, 3.8) is 0 Å². The van der Waals surface area contributed by atoms with Gasteiger partial charge >= 0.3 is 6.18 Å². The highest BCUT2D eigenvalue weighted by atomic mass is 35.5. The molecule has 0 spiro atoms. The van der Waals surface area contributed by atoms with Gasteiger partial charge in [0, 0.05) is 17.7 Å². The number of nitrogens with one attached hydrogen (secondary N) is 1. The normalized spacial score (nSPS) is 14.3. The van der Waals surface area contributed by atoms with Crippen molar-refractivity contribution < 1.29 is 17.6 Å². The van der Waals surface area contributed by atoms with Crippen LogP contribution in [0.1, 0.15) is 24.0 Å². The van der Waals surface area contributed by atoms with E-state index >= 15 is 0 Å². The standard InChI is InChI=1S/C20H16ClF4N3/c21-17-9-4-12(11-16(17)20(23,24)25)18-15-3-1-2-10-26-19(15)28(27-18)14-7-5-13(22)6-8-14/h4-9,11,26H,1-3,10H2. The van der Waals surface area contributed by atoms with Crippen LogP contribution >= 0.6 is 11.6 Å². The number of aromatic nitrogens is 2. The molecule has 2 heterocycles. The zero-order valence-electron chi connectivity index (χ0n) is 14.7. The van der Waals surface area contributed by atoms with Crippen molar-refractivity contribution >= 4 is 17.4 Å². The zero-order valence-corrected chi connectivity index (χ0v) is 15.4. The number of alkyl halides is 3. The Labute approximate surface area is 163 Å². The highest BCUT2D eigenvalue weighted by Gasteiger charge is 2.34. The lowest BCUT2D eigenvalue weighted by Crippen LogP contribution is -2.07. The molecule has 146 valence electrons. The maximum atomic E-state index is 13.3. The summed E-state index contributed by atoms with van der Waals surface area (Å²) in [5.74, 6) is 0.352. The lowest BCUT2D eigenvalue weighted by atomic mass is 10.0. The van der Waals surface area contributed by atoms with Gasteiger partial charge in [-0.1, -0.05) is 17.7 Å². The molecule has 0 radical (unpaired) electrons. The first kappa shape index (κ1) is 18.8. The summed E-state index contributed by atoms with van der Waals surface area (Å²) in [5, 5.41) is 7.54. The molecular formula is C20H16ClF4N3. The molecule has 8 heteroatoms. The second-order valence-electron chi connectivity index (χ2n) is 6.64. The third-order valence-corrected chi connectivity index (χ3v) is 5.08. The summed E-state index contributed by atoms with van der Waals surface area (Å²) in [6.45, 7) is 0.730. The van der Waals surface area contributed by atoms with Crippen LogP contribution < -0.4 is 5.32 Å². The minimum Gasteiger partial charge on any atom is -0.370 e. The van der Waals surface area contributed by atoms with Crippen molar-refractivity contribution in [2.24, 2.45) is 0 Å². The Morgan fingerprint density at radius 1 is 1.04 bits per heavy atom. The second kappa shape index (κ2) is 7.13. The number of rotatable bonds is 2. The van der Waals surface area contributed by atoms with E-state index in [9.17, 15) is 17.6 Å². The van der Waals surface area contributed by atoms with E-state index in [0.29, 0.717) is 23.4 Å². The summed E-state index contributed by atoms with van der Waals surface area (Å²) in [6, 6.07) is 9.63. The average Bonchev–Trinajstić information content (AvgIpc) is 2.84. The quantitative estimate of drug-likeness (QED) is 0.518. The first-order valence-electron chi connectivity index (χ1n) is 8.83. The molecule has 1 aromatic heterocycles. The number of hydrogen-bond donors (Lipinski definition) is 1. The molecule has 1 aliphatic rings. The van der Waals surface area contributed by atoms with E-state index in [1.54, 1.807) is 22.9 Å². The minimum absolute atomic E-state index is 0.345. The molecule has 0 aliphatic carbocycles. The highest BCUT2D eigenvalue weighted by Crippen LogP contribution is 2.39. The van der Waals surface area contributed by atoms with Crippen LogP contribution in [0.5, 0.6) is 0 Å². The average molecular weight is 410 g/mol. The molecule has 28 heavy (non-hydrogen) atoms. The largest absolute Gasteiger partial charge is 0.417 e. The van der Waals surface area contributed by atoms with Gasteiger partial charge in [-0.2, -0.15) is 18.3 Å². The van der Waals surface area contributed by atoms with Crippen molar-refractivity contribution in [1.29, 1.82) is 0 Å². The SMILES string of the molecule is Fc1ccc(-n2nc(-c3ccc(Cl)c(C(F)(F)F)c3)c3c2NCCCC3)cc1. The second-order valence-corrected chi connectivity index (χ2v) is 7.05. The third-order valence-electron chi connectivity index (χ3n) is 4.75. The smallest absolute Gasteiger partial charge is 0.370 e. The van der Waals surface area contributed by atoms with Gasteiger partial charge in [-0.3, -0.25) is 0 Å². The number of hydrogen-bond acceptors (Lipinski definition) is 2. The Bertz CT molecular complexity index is 1010. The molecule has 4 rings (SSSR count). The van der Waals surface area contributed by atoms with Crippen LogP contribution in [0.2, 0.25) is 5.02 Å². The summed E-state index contributed by atoms with van der Waals surface area (Å²) in [5.41, 5.74) is 1.40. The Morgan fingerprint density at radius 2 is 1.79 bits per heavy atom. The first-order chi connectivity index (χ1) is 13.3. The molecule has 0 fully saturated rings. The number of anilines is 1. The van der Waals surface area contributed by atoms with Crippen molar-refractivity contribution in [1.82, 2.24) is 9.78 Å². The molecule has 1 aliphatic heterocycles.